The Labute approximate surface area is 127 Å². The minimum atomic E-state index is -0.671. The molecule has 2 amide bonds. The average Bonchev–Trinajstić information content (AvgIpc) is 2.77. The maximum atomic E-state index is 13.8. The fraction of sp³-hybridized carbons (Fsp3) is 0.176. The molecule has 112 valence electrons. The molecule has 0 aliphatic carbocycles. The van der Waals surface area contributed by atoms with Gasteiger partial charge in [0, 0.05) is 5.69 Å². The molecule has 0 aromatic heterocycles. The van der Waals surface area contributed by atoms with E-state index < -0.39 is 23.7 Å². The molecule has 0 radical (unpaired) electrons. The average molecular weight is 298 g/mol. The van der Waals surface area contributed by atoms with E-state index >= 15 is 0 Å². The van der Waals surface area contributed by atoms with Crippen LogP contribution in [0, 0.1) is 12.7 Å². The predicted molar refractivity (Wildman–Crippen MR) is 82.1 cm³/mol. The molecule has 4 nitrogen and oxygen atoms in total. The van der Waals surface area contributed by atoms with E-state index in [0.717, 1.165) is 16.2 Å². The van der Waals surface area contributed by atoms with Crippen molar-refractivity contribution >= 4 is 23.2 Å². The van der Waals surface area contributed by atoms with Crippen molar-refractivity contribution < 1.29 is 14.0 Å². The highest BCUT2D eigenvalue weighted by Crippen LogP contribution is 2.27. The van der Waals surface area contributed by atoms with Crippen LogP contribution < -0.4 is 10.2 Å². The molecule has 1 fully saturated rings. The Hall–Kier alpha value is -2.69. The second-order valence-electron chi connectivity index (χ2n) is 5.29. The number of rotatable bonds is 3. The first-order valence-corrected chi connectivity index (χ1v) is 7.01. The summed E-state index contributed by atoms with van der Waals surface area (Å²) in [5.74, 6) is -1.42. The molecule has 3 rings (SSSR count). The maximum Gasteiger partial charge on any atom is 0.256 e. The second kappa shape index (κ2) is 5.60. The number of benzene rings is 2. The summed E-state index contributed by atoms with van der Waals surface area (Å²) in [6.45, 7) is 1.97. The Kier molecular flexibility index (Phi) is 3.63. The van der Waals surface area contributed by atoms with E-state index in [1.807, 2.05) is 31.2 Å². The Morgan fingerprint density at radius 2 is 1.77 bits per heavy atom. The summed E-state index contributed by atoms with van der Waals surface area (Å²) in [4.78, 5) is 25.4. The summed E-state index contributed by atoms with van der Waals surface area (Å²) in [5, 5.41) is 3.03. The van der Waals surface area contributed by atoms with Gasteiger partial charge in [0.25, 0.3) is 5.91 Å². The quantitative estimate of drug-likeness (QED) is 0.886. The molecule has 2 aromatic carbocycles. The lowest BCUT2D eigenvalue weighted by Crippen LogP contribution is -2.35. The van der Waals surface area contributed by atoms with Crippen molar-refractivity contribution in [3.05, 3.63) is 59.9 Å². The summed E-state index contributed by atoms with van der Waals surface area (Å²) >= 11 is 0. The first kappa shape index (κ1) is 14.3. The van der Waals surface area contributed by atoms with E-state index in [-0.39, 0.29) is 12.1 Å². The van der Waals surface area contributed by atoms with Gasteiger partial charge in [0.15, 0.2) is 0 Å². The van der Waals surface area contributed by atoms with Gasteiger partial charge in [-0.05, 0) is 31.2 Å². The third-order valence-electron chi connectivity index (χ3n) is 3.63. The number of carbonyl (C=O) groups excluding carboxylic acids is 2. The Bertz CT molecular complexity index is 728. The zero-order valence-corrected chi connectivity index (χ0v) is 12.0. The molecule has 0 saturated carbocycles. The smallest absolute Gasteiger partial charge is 0.256 e. The van der Waals surface area contributed by atoms with Gasteiger partial charge in [0.2, 0.25) is 5.91 Å². The Morgan fingerprint density at radius 3 is 2.45 bits per heavy atom. The lowest BCUT2D eigenvalue weighted by molar-refractivity contribution is -0.121. The number of halogens is 1. The van der Waals surface area contributed by atoms with Gasteiger partial charge in [-0.25, -0.2) is 9.29 Å². The molecule has 1 saturated heterocycles. The minimum absolute atomic E-state index is 0.00528. The number of amides is 2. The van der Waals surface area contributed by atoms with Gasteiger partial charge in [-0.2, -0.15) is 0 Å². The van der Waals surface area contributed by atoms with E-state index in [0.29, 0.717) is 0 Å². The number of hydrogen-bond donors (Lipinski definition) is 1. The molecular formula is C17H15FN2O2. The standard InChI is InChI=1S/C17H15FN2O2/c1-11-6-8-12(9-7-11)19-14-10-16(21)20(17(14)22)15-5-3-2-4-13(15)18/h2-9,14,19H,10H2,1H3. The van der Waals surface area contributed by atoms with Crippen molar-refractivity contribution in [1.29, 1.82) is 0 Å². The first-order chi connectivity index (χ1) is 10.6. The van der Waals surface area contributed by atoms with Gasteiger partial charge in [0.1, 0.15) is 11.9 Å². The normalized spacial score (nSPS) is 17.9. The maximum absolute atomic E-state index is 13.8. The number of nitrogens with one attached hydrogen (secondary N) is 1. The summed E-state index contributed by atoms with van der Waals surface area (Å²) in [6.07, 6.45) is 0.0149. The minimum Gasteiger partial charge on any atom is -0.373 e. The molecular weight excluding hydrogens is 283 g/mol. The van der Waals surface area contributed by atoms with E-state index in [1.54, 1.807) is 6.07 Å². The van der Waals surface area contributed by atoms with E-state index in [1.165, 1.54) is 18.2 Å². The van der Waals surface area contributed by atoms with Crippen LogP contribution in [0.15, 0.2) is 48.5 Å². The molecule has 1 N–H and O–H groups in total. The summed E-state index contributed by atoms with van der Waals surface area (Å²) < 4.78 is 13.8. The van der Waals surface area contributed by atoms with Gasteiger partial charge in [-0.15, -0.1) is 0 Å². The molecule has 22 heavy (non-hydrogen) atoms. The molecule has 1 unspecified atom stereocenters. The Morgan fingerprint density at radius 1 is 1.09 bits per heavy atom. The summed E-state index contributed by atoms with van der Waals surface area (Å²) in [7, 11) is 0. The lowest BCUT2D eigenvalue weighted by atomic mass is 10.2. The predicted octanol–water partition coefficient (Wildman–Crippen LogP) is 2.88. The topological polar surface area (TPSA) is 49.4 Å². The SMILES string of the molecule is Cc1ccc(NC2CC(=O)N(c3ccccc3F)C2=O)cc1. The molecule has 5 heteroatoms. The van der Waals surface area contributed by atoms with Crippen LogP contribution >= 0.6 is 0 Å². The zero-order valence-electron chi connectivity index (χ0n) is 12.0. The van der Waals surface area contributed by atoms with Crippen LogP contribution in [0.5, 0.6) is 0 Å². The van der Waals surface area contributed by atoms with Crippen LogP contribution in [0.4, 0.5) is 15.8 Å². The molecule has 1 aliphatic rings. The molecule has 1 aliphatic heterocycles. The van der Waals surface area contributed by atoms with Crippen molar-refractivity contribution in [3.8, 4) is 0 Å². The summed E-state index contributed by atoms with van der Waals surface area (Å²) in [6, 6.07) is 12.6. The highest BCUT2D eigenvalue weighted by atomic mass is 19.1. The van der Waals surface area contributed by atoms with Crippen LogP contribution in [0.2, 0.25) is 0 Å². The second-order valence-corrected chi connectivity index (χ2v) is 5.29. The van der Waals surface area contributed by atoms with Gasteiger partial charge in [-0.3, -0.25) is 9.59 Å². The Balaban J connectivity index is 1.82. The van der Waals surface area contributed by atoms with Crippen molar-refractivity contribution in [3.63, 3.8) is 0 Å². The van der Waals surface area contributed by atoms with Crippen molar-refractivity contribution in [1.82, 2.24) is 0 Å². The summed E-state index contributed by atoms with van der Waals surface area (Å²) in [5.41, 5.74) is 1.87. The number of anilines is 2. The van der Waals surface area contributed by atoms with Crippen LogP contribution in [-0.2, 0) is 9.59 Å². The fourth-order valence-corrected chi connectivity index (χ4v) is 2.48. The number of para-hydroxylation sites is 1. The number of hydrogen-bond acceptors (Lipinski definition) is 3. The van der Waals surface area contributed by atoms with E-state index in [4.69, 9.17) is 0 Å². The lowest BCUT2D eigenvalue weighted by Gasteiger charge is -2.16. The van der Waals surface area contributed by atoms with Crippen molar-refractivity contribution in [2.24, 2.45) is 0 Å². The molecule has 0 bridgehead atoms. The van der Waals surface area contributed by atoms with Gasteiger partial charge < -0.3 is 5.32 Å². The third kappa shape index (κ3) is 2.57. The molecule has 1 atom stereocenters. The zero-order chi connectivity index (χ0) is 15.7. The van der Waals surface area contributed by atoms with E-state index in [2.05, 4.69) is 5.32 Å². The van der Waals surface area contributed by atoms with Crippen molar-refractivity contribution in [2.45, 2.75) is 19.4 Å². The molecule has 0 spiro atoms. The van der Waals surface area contributed by atoms with Gasteiger partial charge >= 0.3 is 0 Å². The number of imide groups is 1. The van der Waals surface area contributed by atoms with Gasteiger partial charge in [-0.1, -0.05) is 29.8 Å². The number of aryl methyl sites for hydroxylation is 1. The van der Waals surface area contributed by atoms with Gasteiger partial charge in [0.05, 0.1) is 12.1 Å². The number of nitrogens with zero attached hydrogens (tertiary/aromatic N) is 1. The highest BCUT2D eigenvalue weighted by Gasteiger charge is 2.40. The van der Waals surface area contributed by atoms with E-state index in [9.17, 15) is 14.0 Å². The number of carbonyl (C=O) groups is 2. The monoisotopic (exact) mass is 298 g/mol. The largest absolute Gasteiger partial charge is 0.373 e. The fourth-order valence-electron chi connectivity index (χ4n) is 2.48. The first-order valence-electron chi connectivity index (χ1n) is 7.01. The van der Waals surface area contributed by atoms with Crippen LogP contribution in [-0.4, -0.2) is 17.9 Å². The van der Waals surface area contributed by atoms with Crippen LogP contribution in [0.25, 0.3) is 0 Å². The highest BCUT2D eigenvalue weighted by molar-refractivity contribution is 6.23. The third-order valence-corrected chi connectivity index (χ3v) is 3.63. The van der Waals surface area contributed by atoms with Crippen LogP contribution in [0.1, 0.15) is 12.0 Å². The van der Waals surface area contributed by atoms with Crippen molar-refractivity contribution in [2.75, 3.05) is 10.2 Å². The molecule has 2 aromatic rings. The van der Waals surface area contributed by atoms with Crippen LogP contribution in [0.3, 0.4) is 0 Å². The molecule has 1 heterocycles.